The van der Waals surface area contributed by atoms with Crippen molar-refractivity contribution in [1.29, 1.82) is 0 Å². The minimum Gasteiger partial charge on any atom is -0.333 e. The van der Waals surface area contributed by atoms with Crippen LogP contribution in [0.1, 0.15) is 37.8 Å². The van der Waals surface area contributed by atoms with Crippen molar-refractivity contribution in [2.75, 3.05) is 7.05 Å². The lowest BCUT2D eigenvalue weighted by Gasteiger charge is -2.25. The fourth-order valence-corrected chi connectivity index (χ4v) is 3.14. The van der Waals surface area contributed by atoms with E-state index in [4.69, 9.17) is 23.2 Å². The van der Waals surface area contributed by atoms with Crippen LogP contribution in [0, 0.1) is 11.8 Å². The van der Waals surface area contributed by atoms with E-state index >= 15 is 0 Å². The van der Waals surface area contributed by atoms with Gasteiger partial charge < -0.3 is 4.90 Å². The van der Waals surface area contributed by atoms with Crippen LogP contribution in [0.2, 0.25) is 10.0 Å². The number of halogens is 2. The van der Waals surface area contributed by atoms with Crippen molar-refractivity contribution in [3.8, 4) is 11.8 Å². The number of carbonyl (C=O) groups is 2. The van der Waals surface area contributed by atoms with Gasteiger partial charge in [-0.3, -0.25) is 9.59 Å². The Morgan fingerprint density at radius 2 is 1.71 bits per heavy atom. The van der Waals surface area contributed by atoms with Gasteiger partial charge in [0.15, 0.2) is 5.78 Å². The summed E-state index contributed by atoms with van der Waals surface area (Å²) in [6.45, 7) is 5.13. The van der Waals surface area contributed by atoms with Gasteiger partial charge in [-0.25, -0.2) is 0 Å². The first-order valence-corrected chi connectivity index (χ1v) is 7.21. The maximum atomic E-state index is 12.6. The van der Waals surface area contributed by atoms with Crippen LogP contribution in [0.15, 0.2) is 12.1 Å². The molecule has 1 unspecified atom stereocenters. The van der Waals surface area contributed by atoms with Gasteiger partial charge in [-0.2, -0.15) is 0 Å². The van der Waals surface area contributed by atoms with Gasteiger partial charge in [-0.15, -0.1) is 5.92 Å². The first-order chi connectivity index (χ1) is 9.71. The second kappa shape index (κ2) is 5.36. The number of likely N-dealkylation sites (tertiary alicyclic amines) is 1. The Morgan fingerprint density at radius 1 is 1.19 bits per heavy atom. The highest BCUT2D eigenvalue weighted by Crippen LogP contribution is 2.41. The number of hydrogen-bond acceptors (Lipinski definition) is 2. The van der Waals surface area contributed by atoms with Gasteiger partial charge in [0.05, 0.1) is 5.54 Å². The summed E-state index contributed by atoms with van der Waals surface area (Å²) in [4.78, 5) is 26.4. The molecule has 0 aliphatic carbocycles. The standard InChI is InChI=1S/C16H15Cl2NO2/c1-5-6-9-7-10(17)12(11(18)8-9)13-14(20)16(2,3)19(4)15(13)21/h7-8,13H,1-4H3. The number of likely N-dealkylation sites (N-methyl/N-ethyl adjacent to an activating group) is 1. The minimum absolute atomic E-state index is 0.201. The number of carbonyl (C=O) groups excluding carboxylic acids is 2. The van der Waals surface area contributed by atoms with Crippen LogP contribution < -0.4 is 0 Å². The monoisotopic (exact) mass is 323 g/mol. The van der Waals surface area contributed by atoms with Gasteiger partial charge in [0.25, 0.3) is 0 Å². The highest BCUT2D eigenvalue weighted by Gasteiger charge is 2.52. The van der Waals surface area contributed by atoms with Gasteiger partial charge in [-0.05, 0) is 32.9 Å². The molecule has 1 saturated heterocycles. The highest BCUT2D eigenvalue weighted by atomic mass is 35.5. The molecule has 110 valence electrons. The summed E-state index contributed by atoms with van der Waals surface area (Å²) in [6.07, 6.45) is 0. The van der Waals surface area contributed by atoms with E-state index in [1.54, 1.807) is 40.0 Å². The number of benzene rings is 1. The van der Waals surface area contributed by atoms with Crippen LogP contribution in [0.4, 0.5) is 0 Å². The number of ketones is 1. The maximum absolute atomic E-state index is 12.6. The lowest BCUT2D eigenvalue weighted by atomic mass is 9.89. The summed E-state index contributed by atoms with van der Waals surface area (Å²) in [5, 5.41) is 0.580. The third kappa shape index (κ3) is 2.43. The van der Waals surface area contributed by atoms with Crippen molar-refractivity contribution in [3.63, 3.8) is 0 Å². The Hall–Kier alpha value is -1.50. The molecular weight excluding hydrogens is 309 g/mol. The fraction of sp³-hybridized carbons (Fsp3) is 0.375. The summed E-state index contributed by atoms with van der Waals surface area (Å²) in [6, 6.07) is 3.26. The number of amides is 1. The number of nitrogens with zero attached hydrogens (tertiary/aromatic N) is 1. The second-order valence-electron chi connectivity index (χ2n) is 5.48. The van der Waals surface area contributed by atoms with Gasteiger partial charge in [0.1, 0.15) is 5.92 Å². The number of rotatable bonds is 1. The highest BCUT2D eigenvalue weighted by molar-refractivity contribution is 6.38. The third-order valence-corrected chi connectivity index (χ3v) is 4.54. The van der Waals surface area contributed by atoms with Crippen LogP contribution >= 0.6 is 23.2 Å². The zero-order valence-corrected chi connectivity index (χ0v) is 13.8. The Morgan fingerprint density at radius 3 is 2.10 bits per heavy atom. The van der Waals surface area contributed by atoms with Gasteiger partial charge in [-0.1, -0.05) is 29.1 Å². The van der Waals surface area contributed by atoms with Crippen molar-refractivity contribution in [3.05, 3.63) is 33.3 Å². The molecule has 21 heavy (non-hydrogen) atoms. The SMILES string of the molecule is CC#Cc1cc(Cl)c(C2C(=O)N(C)C(C)(C)C2=O)c(Cl)c1. The Kier molecular flexibility index (Phi) is 4.06. The molecule has 0 radical (unpaired) electrons. The van der Waals surface area contributed by atoms with E-state index in [1.165, 1.54) is 4.90 Å². The van der Waals surface area contributed by atoms with E-state index in [1.807, 2.05) is 0 Å². The van der Waals surface area contributed by atoms with Crippen LogP contribution in [0.3, 0.4) is 0 Å². The smallest absolute Gasteiger partial charge is 0.238 e. The molecule has 1 atom stereocenters. The Balaban J connectivity index is 2.60. The predicted octanol–water partition coefficient (Wildman–Crippen LogP) is 3.27. The fourth-order valence-electron chi connectivity index (χ4n) is 2.43. The molecule has 1 aromatic carbocycles. The molecule has 1 amide bonds. The molecule has 1 heterocycles. The average Bonchev–Trinajstić information content (AvgIpc) is 2.53. The van der Waals surface area contributed by atoms with Crippen molar-refractivity contribution < 1.29 is 9.59 Å². The summed E-state index contributed by atoms with van der Waals surface area (Å²) >= 11 is 12.5. The molecule has 0 saturated carbocycles. The third-order valence-electron chi connectivity index (χ3n) is 3.92. The normalized spacial score (nSPS) is 20.5. The van der Waals surface area contributed by atoms with E-state index in [0.717, 1.165) is 0 Å². The summed E-state index contributed by atoms with van der Waals surface area (Å²) in [5.74, 6) is 4.17. The van der Waals surface area contributed by atoms with Crippen molar-refractivity contribution in [2.24, 2.45) is 0 Å². The molecule has 1 aromatic rings. The van der Waals surface area contributed by atoms with Crippen LogP contribution in [-0.4, -0.2) is 29.2 Å². The summed E-state index contributed by atoms with van der Waals surface area (Å²) in [5.41, 5.74) is 0.158. The van der Waals surface area contributed by atoms with Crippen molar-refractivity contribution in [2.45, 2.75) is 32.2 Å². The topological polar surface area (TPSA) is 37.4 Å². The molecule has 1 aliphatic rings. The zero-order chi connectivity index (χ0) is 15.9. The molecule has 2 rings (SSSR count). The second-order valence-corrected chi connectivity index (χ2v) is 6.30. The first-order valence-electron chi connectivity index (χ1n) is 6.45. The lowest BCUT2D eigenvalue weighted by molar-refractivity contribution is -0.130. The van der Waals surface area contributed by atoms with Gasteiger partial charge in [0.2, 0.25) is 5.91 Å². The minimum atomic E-state index is -0.950. The Bertz CT molecular complexity index is 675. The maximum Gasteiger partial charge on any atom is 0.238 e. The lowest BCUT2D eigenvalue weighted by Crippen LogP contribution is -2.41. The molecule has 0 bridgehead atoms. The van der Waals surface area contributed by atoms with Gasteiger partial charge in [0, 0.05) is 28.2 Å². The van der Waals surface area contributed by atoms with E-state index in [9.17, 15) is 9.59 Å². The van der Waals surface area contributed by atoms with Crippen LogP contribution in [0.25, 0.3) is 0 Å². The van der Waals surface area contributed by atoms with Crippen molar-refractivity contribution >= 4 is 34.9 Å². The average molecular weight is 324 g/mol. The van der Waals surface area contributed by atoms with Gasteiger partial charge >= 0.3 is 0 Å². The van der Waals surface area contributed by atoms with Crippen LogP contribution in [0.5, 0.6) is 0 Å². The largest absolute Gasteiger partial charge is 0.333 e. The molecule has 0 spiro atoms. The van der Waals surface area contributed by atoms with E-state index in [-0.39, 0.29) is 21.7 Å². The summed E-state index contributed by atoms with van der Waals surface area (Å²) in [7, 11) is 1.61. The number of Topliss-reactive ketones (excluding diaryl/α,β-unsaturated/α-hetero) is 1. The molecular formula is C16H15Cl2NO2. The van der Waals surface area contributed by atoms with E-state index in [0.29, 0.717) is 11.1 Å². The molecule has 0 aromatic heterocycles. The first kappa shape index (κ1) is 15.9. The van der Waals surface area contributed by atoms with E-state index < -0.39 is 11.5 Å². The molecule has 5 heteroatoms. The zero-order valence-electron chi connectivity index (χ0n) is 12.3. The molecule has 3 nitrogen and oxygen atoms in total. The predicted molar refractivity (Wildman–Crippen MR) is 83.6 cm³/mol. The number of hydrogen-bond donors (Lipinski definition) is 0. The van der Waals surface area contributed by atoms with Crippen molar-refractivity contribution in [1.82, 2.24) is 4.90 Å². The quantitative estimate of drug-likeness (QED) is 0.587. The Labute approximate surface area is 134 Å². The molecule has 0 N–H and O–H groups in total. The van der Waals surface area contributed by atoms with Crippen LogP contribution in [-0.2, 0) is 9.59 Å². The summed E-state index contributed by atoms with van der Waals surface area (Å²) < 4.78 is 0. The molecule has 1 aliphatic heterocycles. The van der Waals surface area contributed by atoms with E-state index in [2.05, 4.69) is 11.8 Å². The molecule has 1 fully saturated rings.